The molecule has 2 aliphatic heterocycles. The third kappa shape index (κ3) is 3.99. The normalized spacial score (nSPS) is 18.1. The molecule has 3 aromatic rings. The molecule has 0 bridgehead atoms. The van der Waals surface area contributed by atoms with Gasteiger partial charge in [0.25, 0.3) is 11.5 Å². The van der Waals surface area contributed by atoms with E-state index in [1.54, 1.807) is 31.7 Å². The summed E-state index contributed by atoms with van der Waals surface area (Å²) in [7, 11) is 0. The van der Waals surface area contributed by atoms with E-state index < -0.39 is 12.0 Å². The summed E-state index contributed by atoms with van der Waals surface area (Å²) in [6.45, 7) is 3.68. The zero-order valence-electron chi connectivity index (χ0n) is 19.0. The van der Waals surface area contributed by atoms with Gasteiger partial charge in [-0.1, -0.05) is 39.4 Å². The van der Waals surface area contributed by atoms with Crippen LogP contribution in [0.15, 0.2) is 72.9 Å². The Hall–Kier alpha value is -2.95. The van der Waals surface area contributed by atoms with Crippen LogP contribution in [0.3, 0.4) is 0 Å². The molecule has 2 aliphatic rings. The lowest BCUT2D eigenvalue weighted by molar-refractivity contribution is -0.139. The second kappa shape index (κ2) is 9.25. The van der Waals surface area contributed by atoms with E-state index in [4.69, 9.17) is 4.74 Å². The lowest BCUT2D eigenvalue weighted by Gasteiger charge is -2.24. The fourth-order valence-electron chi connectivity index (χ4n) is 4.31. The molecule has 3 heterocycles. The third-order valence-electron chi connectivity index (χ3n) is 5.88. The van der Waals surface area contributed by atoms with E-state index in [2.05, 4.69) is 26.2 Å². The van der Waals surface area contributed by atoms with E-state index >= 15 is 0 Å². The number of carbonyl (C=O) groups is 2. The van der Waals surface area contributed by atoms with Crippen LogP contribution in [0.25, 0.3) is 5.57 Å². The van der Waals surface area contributed by atoms with Crippen LogP contribution in [0.5, 0.6) is 0 Å². The molecule has 0 saturated carbocycles. The van der Waals surface area contributed by atoms with Crippen LogP contribution in [-0.2, 0) is 14.3 Å². The highest BCUT2D eigenvalue weighted by molar-refractivity contribution is 9.10. The number of fused-ring (bicyclic) bond motifs is 2. The van der Waals surface area contributed by atoms with Gasteiger partial charge in [-0.15, -0.1) is 11.8 Å². The number of amides is 1. The average molecular weight is 570 g/mol. The van der Waals surface area contributed by atoms with Crippen molar-refractivity contribution in [2.45, 2.75) is 24.8 Å². The van der Waals surface area contributed by atoms with Crippen LogP contribution in [-0.4, -0.2) is 29.3 Å². The third-order valence-corrected chi connectivity index (χ3v) is 8.17. The Bertz CT molecular complexity index is 1600. The molecule has 35 heavy (non-hydrogen) atoms. The van der Waals surface area contributed by atoms with Crippen molar-refractivity contribution in [3.8, 4) is 0 Å². The van der Waals surface area contributed by atoms with Crippen LogP contribution >= 0.6 is 39.0 Å². The van der Waals surface area contributed by atoms with E-state index in [1.807, 2.05) is 42.7 Å². The minimum atomic E-state index is -0.720. The van der Waals surface area contributed by atoms with E-state index in [9.17, 15) is 14.4 Å². The van der Waals surface area contributed by atoms with Crippen LogP contribution in [0.1, 0.15) is 31.0 Å². The number of thioether (sulfide) groups is 1. The molecular formula is C25H20BrN3O4S2. The summed E-state index contributed by atoms with van der Waals surface area (Å²) >= 11 is 6.20. The fraction of sp³-hybridized carbons (Fsp3) is 0.200. The first-order valence-corrected chi connectivity index (χ1v) is 13.6. The molecule has 178 valence electrons. The summed E-state index contributed by atoms with van der Waals surface area (Å²) in [4.78, 5) is 45.9. The molecule has 0 saturated heterocycles. The van der Waals surface area contributed by atoms with Crippen LogP contribution in [0, 0.1) is 0 Å². The van der Waals surface area contributed by atoms with Crippen LogP contribution in [0.2, 0.25) is 0 Å². The van der Waals surface area contributed by atoms with Gasteiger partial charge in [0.15, 0.2) is 4.80 Å². The maximum atomic E-state index is 13.9. The predicted molar refractivity (Wildman–Crippen MR) is 140 cm³/mol. The number of nitrogens with one attached hydrogen (secondary N) is 1. The largest absolute Gasteiger partial charge is 0.463 e. The number of nitrogens with zero attached hydrogens (tertiary/aromatic N) is 2. The number of thiazole rings is 1. The number of hydrogen-bond acceptors (Lipinski definition) is 7. The molecule has 1 amide bonds. The Kier molecular flexibility index (Phi) is 6.29. The van der Waals surface area contributed by atoms with Crippen molar-refractivity contribution in [1.82, 2.24) is 4.57 Å². The number of halogens is 1. The number of aromatic nitrogens is 1. The second-order valence-electron chi connectivity index (χ2n) is 7.92. The number of benzene rings is 2. The minimum absolute atomic E-state index is 0.203. The highest BCUT2D eigenvalue weighted by atomic mass is 79.9. The topological polar surface area (TPSA) is 89.8 Å². The summed E-state index contributed by atoms with van der Waals surface area (Å²) < 4.78 is 7.92. The molecular weight excluding hydrogens is 550 g/mol. The van der Waals surface area contributed by atoms with Gasteiger partial charge < -0.3 is 10.1 Å². The molecule has 1 atom stereocenters. The number of hydrogen-bond donors (Lipinski definition) is 1. The molecule has 10 heteroatoms. The maximum Gasteiger partial charge on any atom is 0.338 e. The van der Waals surface area contributed by atoms with Crippen molar-refractivity contribution in [1.29, 1.82) is 0 Å². The van der Waals surface area contributed by atoms with Gasteiger partial charge in [0.2, 0.25) is 0 Å². The van der Waals surface area contributed by atoms with Crippen molar-refractivity contribution in [2.24, 2.45) is 4.99 Å². The average Bonchev–Trinajstić information content (AvgIpc) is 3.33. The monoisotopic (exact) mass is 569 g/mol. The van der Waals surface area contributed by atoms with Gasteiger partial charge >= 0.3 is 5.97 Å². The number of carbonyl (C=O) groups excluding carboxylic acids is 2. The molecule has 0 aliphatic carbocycles. The fourth-order valence-corrected chi connectivity index (χ4v) is 6.22. The summed E-state index contributed by atoms with van der Waals surface area (Å²) in [5.41, 5.74) is 2.78. The summed E-state index contributed by atoms with van der Waals surface area (Å²) in [6, 6.07) is 12.4. The standard InChI is InChI=1S/C25H20BrN3O4S2/c1-4-33-24(32)18-12(2)27-25-29(20(18)13-5-8-15(34-3)9-6-13)23(31)21(35-25)19-16-11-14(26)7-10-17(16)28-22(19)30/h5-11,20H,4H2,1-3H3,(H,28,30)/b21-19-/t20-/m0/s1. The summed E-state index contributed by atoms with van der Waals surface area (Å²) in [5.74, 6) is -0.857. The smallest absolute Gasteiger partial charge is 0.338 e. The van der Waals surface area contributed by atoms with Crippen molar-refractivity contribution in [3.05, 3.63) is 89.0 Å². The first kappa shape index (κ1) is 23.8. The van der Waals surface area contributed by atoms with E-state index in [0.29, 0.717) is 32.9 Å². The van der Waals surface area contributed by atoms with Gasteiger partial charge in [-0.25, -0.2) is 9.79 Å². The molecule has 1 N–H and O–H groups in total. The minimum Gasteiger partial charge on any atom is -0.463 e. The van der Waals surface area contributed by atoms with Gasteiger partial charge in [-0.2, -0.15) is 0 Å². The van der Waals surface area contributed by atoms with E-state index in [1.165, 1.54) is 4.57 Å². The number of allylic oxidation sites excluding steroid dienone is 1. The molecule has 2 aromatic carbocycles. The van der Waals surface area contributed by atoms with Crippen molar-refractivity contribution in [3.63, 3.8) is 0 Å². The zero-order chi connectivity index (χ0) is 24.9. The van der Waals surface area contributed by atoms with Crippen molar-refractivity contribution in [2.75, 3.05) is 18.2 Å². The van der Waals surface area contributed by atoms with Gasteiger partial charge in [0, 0.05) is 20.6 Å². The summed E-state index contributed by atoms with van der Waals surface area (Å²) in [5, 5.41) is 2.83. The maximum absolute atomic E-state index is 13.9. The van der Waals surface area contributed by atoms with Crippen LogP contribution in [0.4, 0.5) is 5.69 Å². The molecule has 0 spiro atoms. The predicted octanol–water partition coefficient (Wildman–Crippen LogP) is 3.61. The van der Waals surface area contributed by atoms with Crippen molar-refractivity contribution < 1.29 is 14.3 Å². The second-order valence-corrected chi connectivity index (χ2v) is 10.7. The Morgan fingerprint density at radius 2 is 1.97 bits per heavy atom. The Morgan fingerprint density at radius 1 is 1.23 bits per heavy atom. The van der Waals surface area contributed by atoms with Crippen molar-refractivity contribution >= 4 is 62.2 Å². The number of esters is 1. The molecule has 0 unspecified atom stereocenters. The first-order valence-electron chi connectivity index (χ1n) is 10.8. The Balaban J connectivity index is 1.81. The van der Waals surface area contributed by atoms with E-state index in [0.717, 1.165) is 26.3 Å². The highest BCUT2D eigenvalue weighted by Crippen LogP contribution is 2.34. The first-order chi connectivity index (χ1) is 16.8. The molecule has 1 aromatic heterocycles. The highest BCUT2D eigenvalue weighted by Gasteiger charge is 2.35. The molecule has 7 nitrogen and oxygen atoms in total. The zero-order valence-corrected chi connectivity index (χ0v) is 22.3. The molecule has 0 radical (unpaired) electrons. The van der Waals surface area contributed by atoms with Gasteiger partial charge in [-0.3, -0.25) is 14.2 Å². The van der Waals surface area contributed by atoms with Gasteiger partial charge in [-0.05, 0) is 56.0 Å². The van der Waals surface area contributed by atoms with Crippen LogP contribution < -0.4 is 20.2 Å². The summed E-state index contributed by atoms with van der Waals surface area (Å²) in [6.07, 6.45) is 1.98. The lowest BCUT2D eigenvalue weighted by atomic mass is 9.96. The number of anilines is 1. The Labute approximate surface area is 217 Å². The number of ether oxygens (including phenoxy) is 1. The lowest BCUT2D eigenvalue weighted by Crippen LogP contribution is -2.40. The van der Waals surface area contributed by atoms with Gasteiger partial charge in [0.05, 0.1) is 29.5 Å². The Morgan fingerprint density at radius 3 is 2.66 bits per heavy atom. The number of rotatable bonds is 4. The molecule has 0 fully saturated rings. The quantitative estimate of drug-likeness (QED) is 0.383. The SMILES string of the molecule is CCOC(=O)C1=C(C)N=c2s/c(=C3\C(=O)Nc4ccc(Br)cc43)c(=O)n2[C@H]1c1ccc(SC)cc1. The molecule has 5 rings (SSSR count). The van der Waals surface area contributed by atoms with E-state index in [-0.39, 0.29) is 22.6 Å². The van der Waals surface area contributed by atoms with Gasteiger partial charge in [0.1, 0.15) is 4.53 Å².